The number of nitrogens with zero attached hydrogens (tertiary/aromatic N) is 1. The highest BCUT2D eigenvalue weighted by Crippen LogP contribution is 2.38. The minimum Gasteiger partial charge on any atom is -0.374 e. The van der Waals surface area contributed by atoms with E-state index in [0.29, 0.717) is 0 Å². The van der Waals surface area contributed by atoms with Crippen molar-refractivity contribution in [2.45, 2.75) is 45.1 Å². The van der Waals surface area contributed by atoms with E-state index in [1.165, 1.54) is 25.7 Å². The first-order valence-corrected chi connectivity index (χ1v) is 7.03. The molecule has 0 amide bonds. The standard InChI is InChI=1S/C14H30N2O/c1-13(2)12-15-9-8-14(6-5-7-14)17-11-10-16(3)4/h13,15H,5-12H2,1-4H3. The smallest absolute Gasteiger partial charge is 0.0695 e. The van der Waals surface area contributed by atoms with E-state index in [0.717, 1.165) is 32.2 Å². The van der Waals surface area contributed by atoms with E-state index >= 15 is 0 Å². The van der Waals surface area contributed by atoms with Crippen LogP contribution in [0.3, 0.4) is 0 Å². The highest BCUT2D eigenvalue weighted by atomic mass is 16.5. The molecule has 1 saturated carbocycles. The summed E-state index contributed by atoms with van der Waals surface area (Å²) in [6, 6.07) is 0. The Labute approximate surface area is 107 Å². The average Bonchev–Trinajstić information content (AvgIpc) is 2.18. The molecule has 0 atom stereocenters. The molecule has 0 bridgehead atoms. The van der Waals surface area contributed by atoms with Crippen LogP contribution in [-0.4, -0.2) is 50.8 Å². The summed E-state index contributed by atoms with van der Waals surface area (Å²) in [5.41, 5.74) is 0.208. The van der Waals surface area contributed by atoms with Gasteiger partial charge in [-0.1, -0.05) is 13.8 Å². The zero-order valence-electron chi connectivity index (χ0n) is 12.1. The quantitative estimate of drug-likeness (QED) is 0.627. The average molecular weight is 242 g/mol. The van der Waals surface area contributed by atoms with Crippen molar-refractivity contribution in [1.29, 1.82) is 0 Å². The second-order valence-corrected chi connectivity index (χ2v) is 6.04. The molecule has 0 spiro atoms. The monoisotopic (exact) mass is 242 g/mol. The number of rotatable bonds is 9. The summed E-state index contributed by atoms with van der Waals surface area (Å²) in [4.78, 5) is 2.18. The Morgan fingerprint density at radius 2 is 2.00 bits per heavy atom. The molecule has 3 heteroatoms. The van der Waals surface area contributed by atoms with Crippen LogP contribution >= 0.6 is 0 Å². The second-order valence-electron chi connectivity index (χ2n) is 6.04. The van der Waals surface area contributed by atoms with Gasteiger partial charge in [0.15, 0.2) is 0 Å². The van der Waals surface area contributed by atoms with Gasteiger partial charge < -0.3 is 15.0 Å². The summed E-state index contributed by atoms with van der Waals surface area (Å²) in [5, 5.41) is 3.52. The second kappa shape index (κ2) is 7.34. The first kappa shape index (κ1) is 14.9. The lowest BCUT2D eigenvalue weighted by atomic mass is 9.77. The fourth-order valence-corrected chi connectivity index (χ4v) is 2.19. The van der Waals surface area contributed by atoms with Crippen LogP contribution in [-0.2, 0) is 4.74 Å². The van der Waals surface area contributed by atoms with Gasteiger partial charge in [0.05, 0.1) is 12.2 Å². The maximum absolute atomic E-state index is 6.10. The number of ether oxygens (including phenoxy) is 1. The minimum atomic E-state index is 0.208. The van der Waals surface area contributed by atoms with Gasteiger partial charge in [-0.2, -0.15) is 0 Å². The van der Waals surface area contributed by atoms with Crippen molar-refractivity contribution in [2.75, 3.05) is 40.3 Å². The number of likely N-dealkylation sites (N-methyl/N-ethyl adjacent to an activating group) is 1. The van der Waals surface area contributed by atoms with Crippen molar-refractivity contribution in [3.8, 4) is 0 Å². The fraction of sp³-hybridized carbons (Fsp3) is 1.00. The van der Waals surface area contributed by atoms with Crippen LogP contribution in [0.15, 0.2) is 0 Å². The molecule has 17 heavy (non-hydrogen) atoms. The summed E-state index contributed by atoms with van der Waals surface area (Å²) in [6.07, 6.45) is 5.02. The largest absolute Gasteiger partial charge is 0.374 e. The zero-order chi connectivity index (χ0) is 12.7. The Morgan fingerprint density at radius 3 is 2.47 bits per heavy atom. The predicted molar refractivity (Wildman–Crippen MR) is 73.4 cm³/mol. The number of nitrogens with one attached hydrogen (secondary N) is 1. The molecule has 0 saturated heterocycles. The third-order valence-electron chi connectivity index (χ3n) is 3.52. The third-order valence-corrected chi connectivity index (χ3v) is 3.52. The topological polar surface area (TPSA) is 24.5 Å². The molecule has 1 N–H and O–H groups in total. The third kappa shape index (κ3) is 5.84. The van der Waals surface area contributed by atoms with Gasteiger partial charge in [0.25, 0.3) is 0 Å². The van der Waals surface area contributed by atoms with E-state index in [-0.39, 0.29) is 5.60 Å². The van der Waals surface area contributed by atoms with Crippen LogP contribution in [0.2, 0.25) is 0 Å². The van der Waals surface area contributed by atoms with E-state index in [1.807, 2.05) is 0 Å². The van der Waals surface area contributed by atoms with Crippen molar-refractivity contribution < 1.29 is 4.74 Å². The summed E-state index contributed by atoms with van der Waals surface area (Å²) < 4.78 is 6.10. The highest BCUT2D eigenvalue weighted by molar-refractivity contribution is 4.90. The van der Waals surface area contributed by atoms with E-state index in [9.17, 15) is 0 Å². The number of hydrogen-bond donors (Lipinski definition) is 1. The van der Waals surface area contributed by atoms with Gasteiger partial charge >= 0.3 is 0 Å². The van der Waals surface area contributed by atoms with Gasteiger partial charge in [-0.25, -0.2) is 0 Å². The molecular weight excluding hydrogens is 212 g/mol. The van der Waals surface area contributed by atoms with Crippen molar-refractivity contribution in [3.05, 3.63) is 0 Å². The molecule has 0 radical (unpaired) electrons. The van der Waals surface area contributed by atoms with Gasteiger partial charge in [0.2, 0.25) is 0 Å². The molecule has 0 aromatic heterocycles. The molecule has 1 fully saturated rings. The minimum absolute atomic E-state index is 0.208. The van der Waals surface area contributed by atoms with E-state index < -0.39 is 0 Å². The molecule has 1 aliphatic carbocycles. The van der Waals surface area contributed by atoms with Crippen molar-refractivity contribution >= 4 is 0 Å². The van der Waals surface area contributed by atoms with Crippen LogP contribution < -0.4 is 5.32 Å². The molecule has 0 heterocycles. The SMILES string of the molecule is CC(C)CNCCC1(OCCN(C)C)CCC1. The Morgan fingerprint density at radius 1 is 1.29 bits per heavy atom. The van der Waals surface area contributed by atoms with Crippen molar-refractivity contribution in [3.63, 3.8) is 0 Å². The molecular formula is C14H30N2O. The molecule has 0 unspecified atom stereocenters. The van der Waals surface area contributed by atoms with E-state index in [1.54, 1.807) is 0 Å². The van der Waals surface area contributed by atoms with E-state index in [4.69, 9.17) is 4.74 Å². The normalized spacial score (nSPS) is 18.7. The van der Waals surface area contributed by atoms with Crippen LogP contribution in [0.4, 0.5) is 0 Å². The summed E-state index contributed by atoms with van der Waals surface area (Å²) in [6.45, 7) is 8.62. The van der Waals surface area contributed by atoms with Crippen LogP contribution in [0.25, 0.3) is 0 Å². The Kier molecular flexibility index (Phi) is 6.45. The van der Waals surface area contributed by atoms with Gasteiger partial charge in [-0.05, 0) is 58.8 Å². The summed E-state index contributed by atoms with van der Waals surface area (Å²) in [5.74, 6) is 0.738. The maximum atomic E-state index is 6.10. The maximum Gasteiger partial charge on any atom is 0.0695 e. The lowest BCUT2D eigenvalue weighted by molar-refractivity contribution is -0.106. The van der Waals surface area contributed by atoms with Crippen LogP contribution in [0.5, 0.6) is 0 Å². The molecule has 3 nitrogen and oxygen atoms in total. The predicted octanol–water partition coefficient (Wildman–Crippen LogP) is 2.12. The van der Waals surface area contributed by atoms with E-state index in [2.05, 4.69) is 38.2 Å². The van der Waals surface area contributed by atoms with Crippen molar-refractivity contribution in [2.24, 2.45) is 5.92 Å². The van der Waals surface area contributed by atoms with Gasteiger partial charge in [-0.15, -0.1) is 0 Å². The Bertz CT molecular complexity index is 200. The first-order valence-electron chi connectivity index (χ1n) is 7.03. The fourth-order valence-electron chi connectivity index (χ4n) is 2.19. The molecule has 0 aromatic carbocycles. The van der Waals surface area contributed by atoms with Crippen molar-refractivity contribution in [1.82, 2.24) is 10.2 Å². The molecule has 0 aliphatic heterocycles. The lowest BCUT2D eigenvalue weighted by Gasteiger charge is -2.42. The first-order chi connectivity index (χ1) is 8.04. The summed E-state index contributed by atoms with van der Waals surface area (Å²) in [7, 11) is 4.20. The Balaban J connectivity index is 2.12. The highest BCUT2D eigenvalue weighted by Gasteiger charge is 2.37. The molecule has 102 valence electrons. The molecule has 1 rings (SSSR count). The molecule has 1 aliphatic rings. The Hall–Kier alpha value is -0.120. The van der Waals surface area contributed by atoms with Gasteiger partial charge in [0.1, 0.15) is 0 Å². The zero-order valence-corrected chi connectivity index (χ0v) is 12.1. The van der Waals surface area contributed by atoms with Crippen LogP contribution in [0.1, 0.15) is 39.5 Å². The van der Waals surface area contributed by atoms with Gasteiger partial charge in [-0.3, -0.25) is 0 Å². The van der Waals surface area contributed by atoms with Crippen LogP contribution in [0, 0.1) is 5.92 Å². The molecule has 0 aromatic rings. The summed E-state index contributed by atoms with van der Waals surface area (Å²) >= 11 is 0. The van der Waals surface area contributed by atoms with Gasteiger partial charge in [0, 0.05) is 6.54 Å². The number of hydrogen-bond acceptors (Lipinski definition) is 3. The lowest BCUT2D eigenvalue weighted by Crippen LogP contribution is -2.44.